The molecule has 3 aromatic rings. The maximum absolute atomic E-state index is 12.8. The maximum atomic E-state index is 12.8. The van der Waals surface area contributed by atoms with Gasteiger partial charge in [-0.1, -0.05) is 29.0 Å². The number of carbonyl (C=O) groups excluding carboxylic acids is 1. The van der Waals surface area contributed by atoms with Crippen LogP contribution in [0.25, 0.3) is 10.2 Å². The fraction of sp³-hybridized carbons (Fsp3) is 0.300. The molecule has 0 radical (unpaired) electrons. The van der Waals surface area contributed by atoms with Crippen LogP contribution < -0.4 is 10.2 Å². The Labute approximate surface area is 182 Å². The van der Waals surface area contributed by atoms with E-state index in [9.17, 15) is 18.0 Å². The zero-order valence-electron chi connectivity index (χ0n) is 16.2. The third-order valence-electron chi connectivity index (χ3n) is 5.10. The number of fused-ring (bicyclic) bond motifs is 1. The first kappa shape index (κ1) is 21.0. The van der Waals surface area contributed by atoms with Crippen LogP contribution in [0.3, 0.4) is 0 Å². The molecule has 1 N–H and O–H groups in total. The van der Waals surface area contributed by atoms with Crippen LogP contribution in [0, 0.1) is 6.92 Å². The minimum atomic E-state index is -3.57. The van der Waals surface area contributed by atoms with Crippen molar-refractivity contribution in [1.29, 1.82) is 0 Å². The van der Waals surface area contributed by atoms with Gasteiger partial charge in [0.25, 0.3) is 0 Å². The Kier molecular flexibility index (Phi) is 5.71. The second-order valence-electron chi connectivity index (χ2n) is 7.21. The Hall–Kier alpha value is -2.20. The number of hydrogen-bond acceptors (Lipinski definition) is 5. The number of amides is 1. The Bertz CT molecular complexity index is 1290. The van der Waals surface area contributed by atoms with Gasteiger partial charge in [-0.2, -0.15) is 4.31 Å². The second-order valence-corrected chi connectivity index (χ2v) is 10.5. The van der Waals surface area contributed by atoms with E-state index in [1.54, 1.807) is 24.3 Å². The minimum absolute atomic E-state index is 0.170. The van der Waals surface area contributed by atoms with Gasteiger partial charge in [-0.05, 0) is 55.7 Å². The molecule has 0 saturated carbocycles. The number of carbonyl (C=O) groups is 1. The first-order chi connectivity index (χ1) is 14.3. The highest BCUT2D eigenvalue weighted by Crippen LogP contribution is 2.26. The zero-order chi connectivity index (χ0) is 21.5. The maximum Gasteiger partial charge on any atom is 0.308 e. The van der Waals surface area contributed by atoms with Gasteiger partial charge in [-0.15, -0.1) is 0 Å². The molecule has 1 aliphatic rings. The number of nitrogens with one attached hydrogen (secondary N) is 1. The molecule has 2 heterocycles. The Morgan fingerprint density at radius 3 is 2.60 bits per heavy atom. The highest BCUT2D eigenvalue weighted by Gasteiger charge is 2.27. The topological polar surface area (TPSA) is 88.5 Å². The predicted octanol–water partition coefficient (Wildman–Crippen LogP) is 3.45. The van der Waals surface area contributed by atoms with Crippen molar-refractivity contribution in [2.45, 2.75) is 31.2 Å². The van der Waals surface area contributed by atoms with Crippen molar-refractivity contribution in [3.63, 3.8) is 0 Å². The minimum Gasteiger partial charge on any atom is -0.324 e. The van der Waals surface area contributed by atoms with Gasteiger partial charge in [0.2, 0.25) is 15.9 Å². The normalized spacial score (nSPS) is 15.0. The molecule has 30 heavy (non-hydrogen) atoms. The number of anilines is 1. The highest BCUT2D eigenvalue weighted by molar-refractivity contribution is 7.89. The number of sulfonamides is 1. The van der Waals surface area contributed by atoms with Crippen LogP contribution in [0.1, 0.15) is 18.4 Å². The van der Waals surface area contributed by atoms with Crippen molar-refractivity contribution in [3.8, 4) is 0 Å². The molecule has 1 aromatic heterocycles. The van der Waals surface area contributed by atoms with Gasteiger partial charge in [0.15, 0.2) is 0 Å². The predicted molar refractivity (Wildman–Crippen MR) is 119 cm³/mol. The lowest BCUT2D eigenvalue weighted by atomic mass is 10.2. The van der Waals surface area contributed by atoms with Crippen LogP contribution in [-0.4, -0.2) is 36.3 Å². The molecular formula is C20H20ClN3O4S2. The molecule has 158 valence electrons. The number of aryl methyl sites for hydroxylation is 1. The van der Waals surface area contributed by atoms with Crippen LogP contribution in [-0.2, 0) is 21.4 Å². The third-order valence-corrected chi connectivity index (χ3v) is 8.34. The quantitative estimate of drug-likeness (QED) is 0.625. The lowest BCUT2D eigenvalue weighted by Gasteiger charge is -2.15. The third kappa shape index (κ3) is 4.02. The second kappa shape index (κ2) is 8.14. The molecular weight excluding hydrogens is 446 g/mol. The lowest BCUT2D eigenvalue weighted by Crippen LogP contribution is -2.27. The average molecular weight is 466 g/mol. The van der Waals surface area contributed by atoms with E-state index < -0.39 is 10.0 Å². The summed E-state index contributed by atoms with van der Waals surface area (Å²) >= 11 is 7.01. The summed E-state index contributed by atoms with van der Waals surface area (Å²) in [6.07, 6.45) is 1.71. The van der Waals surface area contributed by atoms with Crippen LogP contribution in [0.15, 0.2) is 46.1 Å². The number of halogens is 1. The Morgan fingerprint density at radius 1 is 1.17 bits per heavy atom. The summed E-state index contributed by atoms with van der Waals surface area (Å²) in [5, 5.41) is 3.27. The van der Waals surface area contributed by atoms with E-state index in [4.69, 9.17) is 11.6 Å². The van der Waals surface area contributed by atoms with Gasteiger partial charge in [0.1, 0.15) is 6.54 Å². The largest absolute Gasteiger partial charge is 0.324 e. The van der Waals surface area contributed by atoms with Crippen molar-refractivity contribution in [3.05, 3.63) is 56.7 Å². The zero-order valence-corrected chi connectivity index (χ0v) is 18.6. The molecule has 4 rings (SSSR count). The average Bonchev–Trinajstić information content (AvgIpc) is 3.34. The van der Waals surface area contributed by atoms with E-state index in [1.165, 1.54) is 21.0 Å². The van der Waals surface area contributed by atoms with Gasteiger partial charge >= 0.3 is 4.87 Å². The van der Waals surface area contributed by atoms with E-state index >= 15 is 0 Å². The van der Waals surface area contributed by atoms with Gasteiger partial charge in [-0.3, -0.25) is 14.2 Å². The van der Waals surface area contributed by atoms with Crippen molar-refractivity contribution < 1.29 is 13.2 Å². The van der Waals surface area contributed by atoms with Crippen molar-refractivity contribution >= 4 is 54.8 Å². The van der Waals surface area contributed by atoms with Crippen LogP contribution in [0.5, 0.6) is 0 Å². The summed E-state index contributed by atoms with van der Waals surface area (Å²) < 4.78 is 28.9. The van der Waals surface area contributed by atoms with Crippen LogP contribution >= 0.6 is 22.9 Å². The van der Waals surface area contributed by atoms with E-state index in [-0.39, 0.29) is 22.2 Å². The molecule has 0 aliphatic carbocycles. The van der Waals surface area contributed by atoms with E-state index in [0.717, 1.165) is 29.7 Å². The first-order valence-electron chi connectivity index (χ1n) is 9.45. The van der Waals surface area contributed by atoms with Crippen molar-refractivity contribution in [2.75, 3.05) is 18.4 Å². The molecule has 7 nitrogen and oxygen atoms in total. The summed E-state index contributed by atoms with van der Waals surface area (Å²) in [6, 6.07) is 9.79. The molecule has 10 heteroatoms. The number of rotatable bonds is 5. The summed E-state index contributed by atoms with van der Waals surface area (Å²) in [7, 11) is -3.57. The van der Waals surface area contributed by atoms with Gasteiger partial charge < -0.3 is 5.32 Å². The molecule has 0 unspecified atom stereocenters. The number of hydrogen-bond donors (Lipinski definition) is 1. The number of aromatic nitrogens is 1. The lowest BCUT2D eigenvalue weighted by molar-refractivity contribution is -0.116. The summed E-state index contributed by atoms with van der Waals surface area (Å²) in [6.45, 7) is 2.72. The Morgan fingerprint density at radius 2 is 1.90 bits per heavy atom. The van der Waals surface area contributed by atoms with Gasteiger partial charge in [-0.25, -0.2) is 8.42 Å². The van der Waals surface area contributed by atoms with E-state index in [2.05, 4.69) is 5.32 Å². The smallest absolute Gasteiger partial charge is 0.308 e. The van der Waals surface area contributed by atoms with Crippen molar-refractivity contribution in [2.24, 2.45) is 0 Å². The van der Waals surface area contributed by atoms with E-state index in [1.807, 2.05) is 6.92 Å². The molecule has 0 bridgehead atoms. The molecule has 0 spiro atoms. The summed E-state index contributed by atoms with van der Waals surface area (Å²) in [5.41, 5.74) is 1.97. The fourth-order valence-corrected chi connectivity index (χ4v) is 6.18. The Balaban J connectivity index is 1.59. The molecule has 0 atom stereocenters. The van der Waals surface area contributed by atoms with Gasteiger partial charge in [0.05, 0.1) is 15.1 Å². The standard InChI is InChI=1S/C20H20ClN3O4S2/c1-13-4-5-14(10-16(13)21)22-19(25)12-24-17-7-6-15(11-18(17)29-20(24)26)30(27,28)23-8-2-3-9-23/h4-7,10-11H,2-3,8-9,12H2,1H3,(H,22,25). The van der Waals surface area contributed by atoms with Crippen LogP contribution in [0.2, 0.25) is 5.02 Å². The van der Waals surface area contributed by atoms with Crippen LogP contribution in [0.4, 0.5) is 5.69 Å². The SMILES string of the molecule is Cc1ccc(NC(=O)Cn2c(=O)sc3cc(S(=O)(=O)N4CCCC4)ccc32)cc1Cl. The summed E-state index contributed by atoms with van der Waals surface area (Å²) in [4.78, 5) is 24.8. The fourth-order valence-electron chi connectivity index (χ4n) is 3.45. The number of thiazole rings is 1. The summed E-state index contributed by atoms with van der Waals surface area (Å²) in [5.74, 6) is -0.370. The molecule has 1 saturated heterocycles. The molecule has 1 amide bonds. The number of nitrogens with zero attached hydrogens (tertiary/aromatic N) is 2. The first-order valence-corrected chi connectivity index (χ1v) is 12.1. The molecule has 1 fully saturated rings. The van der Waals surface area contributed by atoms with E-state index in [0.29, 0.717) is 34.0 Å². The highest BCUT2D eigenvalue weighted by atomic mass is 35.5. The molecule has 1 aliphatic heterocycles. The monoisotopic (exact) mass is 465 g/mol. The van der Waals surface area contributed by atoms with Crippen molar-refractivity contribution in [1.82, 2.24) is 8.87 Å². The number of benzene rings is 2. The van der Waals surface area contributed by atoms with Gasteiger partial charge in [0, 0.05) is 23.8 Å². The molecule has 2 aromatic carbocycles.